The number of fused-ring (bicyclic) bond motifs is 1. The first-order chi connectivity index (χ1) is 13.2. The SMILES string of the molecule is CN(C)c1ccc2cc(NC(=O)/C=C/c3ccc(C(F)(F)F)cc3)ccc2n1. The van der Waals surface area contributed by atoms with Gasteiger partial charge in [-0.25, -0.2) is 4.98 Å². The third-order valence-electron chi connectivity index (χ3n) is 4.07. The molecule has 4 nitrogen and oxygen atoms in total. The van der Waals surface area contributed by atoms with E-state index < -0.39 is 11.7 Å². The molecule has 144 valence electrons. The van der Waals surface area contributed by atoms with Gasteiger partial charge in [-0.1, -0.05) is 12.1 Å². The fraction of sp³-hybridized carbons (Fsp3) is 0.143. The number of hydrogen-bond acceptors (Lipinski definition) is 3. The van der Waals surface area contributed by atoms with Crippen molar-refractivity contribution in [2.45, 2.75) is 6.18 Å². The van der Waals surface area contributed by atoms with Crippen LogP contribution in [-0.2, 0) is 11.0 Å². The van der Waals surface area contributed by atoms with Gasteiger partial charge in [0, 0.05) is 31.2 Å². The van der Waals surface area contributed by atoms with Crippen molar-refractivity contribution in [1.29, 1.82) is 0 Å². The van der Waals surface area contributed by atoms with Gasteiger partial charge in [0.1, 0.15) is 5.82 Å². The van der Waals surface area contributed by atoms with Crippen LogP contribution in [0.15, 0.2) is 60.7 Å². The summed E-state index contributed by atoms with van der Waals surface area (Å²) in [4.78, 5) is 18.5. The lowest BCUT2D eigenvalue weighted by molar-refractivity contribution is -0.137. The summed E-state index contributed by atoms with van der Waals surface area (Å²) >= 11 is 0. The number of rotatable bonds is 4. The van der Waals surface area contributed by atoms with Crippen molar-refractivity contribution in [3.05, 3.63) is 71.8 Å². The van der Waals surface area contributed by atoms with E-state index in [-0.39, 0.29) is 5.91 Å². The van der Waals surface area contributed by atoms with E-state index in [9.17, 15) is 18.0 Å². The lowest BCUT2D eigenvalue weighted by Crippen LogP contribution is -2.10. The Balaban J connectivity index is 1.68. The quantitative estimate of drug-likeness (QED) is 0.645. The van der Waals surface area contributed by atoms with Crippen LogP contribution in [0.2, 0.25) is 0 Å². The molecule has 0 aliphatic rings. The van der Waals surface area contributed by atoms with Gasteiger partial charge in [-0.05, 0) is 54.1 Å². The normalized spacial score (nSPS) is 11.8. The Bertz CT molecular complexity index is 1030. The molecular formula is C21H18F3N3O. The maximum Gasteiger partial charge on any atom is 0.416 e. The van der Waals surface area contributed by atoms with E-state index in [2.05, 4.69) is 10.3 Å². The number of nitrogens with one attached hydrogen (secondary N) is 1. The maximum atomic E-state index is 12.6. The number of amides is 1. The lowest BCUT2D eigenvalue weighted by atomic mass is 10.1. The van der Waals surface area contributed by atoms with Crippen LogP contribution < -0.4 is 10.2 Å². The molecule has 3 rings (SSSR count). The fourth-order valence-electron chi connectivity index (χ4n) is 2.58. The van der Waals surface area contributed by atoms with Gasteiger partial charge in [0.05, 0.1) is 11.1 Å². The molecule has 0 aliphatic carbocycles. The first kappa shape index (κ1) is 19.4. The van der Waals surface area contributed by atoms with Crippen molar-refractivity contribution >= 4 is 34.4 Å². The summed E-state index contributed by atoms with van der Waals surface area (Å²) in [5.74, 6) is 0.459. The third-order valence-corrected chi connectivity index (χ3v) is 4.07. The average Bonchev–Trinajstić information content (AvgIpc) is 2.65. The minimum Gasteiger partial charge on any atom is -0.363 e. The average molecular weight is 385 g/mol. The predicted octanol–water partition coefficient (Wildman–Crippen LogP) is 4.97. The zero-order valence-corrected chi connectivity index (χ0v) is 15.3. The van der Waals surface area contributed by atoms with Crippen LogP contribution in [0.3, 0.4) is 0 Å². The molecule has 0 spiro atoms. The van der Waals surface area contributed by atoms with Crippen molar-refractivity contribution in [2.24, 2.45) is 0 Å². The molecule has 3 aromatic rings. The van der Waals surface area contributed by atoms with Crippen molar-refractivity contribution in [3.8, 4) is 0 Å². The third kappa shape index (κ3) is 4.68. The van der Waals surface area contributed by atoms with Gasteiger partial charge in [0.25, 0.3) is 0 Å². The van der Waals surface area contributed by atoms with E-state index in [1.54, 1.807) is 6.07 Å². The second-order valence-electron chi connectivity index (χ2n) is 6.41. The minimum atomic E-state index is -4.38. The highest BCUT2D eigenvalue weighted by molar-refractivity contribution is 6.03. The number of aromatic nitrogens is 1. The smallest absolute Gasteiger partial charge is 0.363 e. The molecule has 0 aliphatic heterocycles. The number of anilines is 2. The zero-order chi connectivity index (χ0) is 20.3. The maximum absolute atomic E-state index is 12.6. The first-order valence-electron chi connectivity index (χ1n) is 8.47. The molecule has 28 heavy (non-hydrogen) atoms. The second-order valence-corrected chi connectivity index (χ2v) is 6.41. The molecule has 1 N–H and O–H groups in total. The number of carbonyl (C=O) groups excluding carboxylic acids is 1. The lowest BCUT2D eigenvalue weighted by Gasteiger charge is -2.12. The molecule has 0 bridgehead atoms. The molecule has 0 atom stereocenters. The summed E-state index contributed by atoms with van der Waals surface area (Å²) in [7, 11) is 3.82. The summed E-state index contributed by atoms with van der Waals surface area (Å²) in [6, 6.07) is 13.8. The van der Waals surface area contributed by atoms with Crippen LogP contribution in [0.1, 0.15) is 11.1 Å². The Kier molecular flexibility index (Phi) is 5.35. The summed E-state index contributed by atoms with van der Waals surface area (Å²) in [5, 5.41) is 3.62. The van der Waals surface area contributed by atoms with Crippen molar-refractivity contribution in [2.75, 3.05) is 24.3 Å². The molecule has 1 amide bonds. The highest BCUT2D eigenvalue weighted by Crippen LogP contribution is 2.29. The Morgan fingerprint density at radius 1 is 1.04 bits per heavy atom. The van der Waals surface area contributed by atoms with Crippen LogP contribution in [0.5, 0.6) is 0 Å². The van der Waals surface area contributed by atoms with Gasteiger partial charge in [0.15, 0.2) is 0 Å². The number of pyridine rings is 1. The summed E-state index contributed by atoms with van der Waals surface area (Å²) in [6.07, 6.45) is -1.64. The van der Waals surface area contributed by atoms with Gasteiger partial charge in [-0.2, -0.15) is 13.2 Å². The fourth-order valence-corrected chi connectivity index (χ4v) is 2.58. The molecule has 2 aromatic carbocycles. The van der Waals surface area contributed by atoms with Crippen LogP contribution in [0, 0.1) is 0 Å². The Labute approximate surface area is 160 Å². The topological polar surface area (TPSA) is 45.2 Å². The van der Waals surface area contributed by atoms with Crippen molar-refractivity contribution in [3.63, 3.8) is 0 Å². The van der Waals surface area contributed by atoms with Gasteiger partial charge in [-0.3, -0.25) is 4.79 Å². The first-order valence-corrected chi connectivity index (χ1v) is 8.47. The molecule has 7 heteroatoms. The van der Waals surface area contributed by atoms with E-state index in [0.29, 0.717) is 11.3 Å². The van der Waals surface area contributed by atoms with Gasteiger partial charge in [-0.15, -0.1) is 0 Å². The van der Waals surface area contributed by atoms with Gasteiger partial charge < -0.3 is 10.2 Å². The highest BCUT2D eigenvalue weighted by atomic mass is 19.4. The van der Waals surface area contributed by atoms with Gasteiger partial charge in [0.2, 0.25) is 5.91 Å². The monoisotopic (exact) mass is 385 g/mol. The highest BCUT2D eigenvalue weighted by Gasteiger charge is 2.29. The number of alkyl halides is 3. The second kappa shape index (κ2) is 7.72. The molecule has 1 heterocycles. The minimum absolute atomic E-state index is 0.378. The van der Waals surface area contributed by atoms with Crippen LogP contribution in [0.4, 0.5) is 24.7 Å². The number of carbonyl (C=O) groups is 1. The van der Waals surface area contributed by atoms with Crippen LogP contribution in [-0.4, -0.2) is 25.0 Å². The van der Waals surface area contributed by atoms with E-state index in [4.69, 9.17) is 0 Å². The zero-order valence-electron chi connectivity index (χ0n) is 15.3. The molecule has 0 fully saturated rings. The number of benzene rings is 2. The van der Waals surface area contributed by atoms with Crippen molar-refractivity contribution < 1.29 is 18.0 Å². The number of halogens is 3. The molecular weight excluding hydrogens is 367 g/mol. The molecule has 0 unspecified atom stereocenters. The number of hydrogen-bond donors (Lipinski definition) is 1. The van der Waals surface area contributed by atoms with Crippen LogP contribution >= 0.6 is 0 Å². The molecule has 0 radical (unpaired) electrons. The Morgan fingerprint density at radius 3 is 2.39 bits per heavy atom. The molecule has 1 aromatic heterocycles. The van der Waals surface area contributed by atoms with Crippen molar-refractivity contribution in [1.82, 2.24) is 4.98 Å². The van der Waals surface area contributed by atoms with E-state index >= 15 is 0 Å². The largest absolute Gasteiger partial charge is 0.416 e. The van der Waals surface area contributed by atoms with E-state index in [1.807, 2.05) is 43.3 Å². The summed E-state index contributed by atoms with van der Waals surface area (Å²) in [5.41, 5.74) is 1.19. The Hall–Kier alpha value is -3.35. The molecule has 0 saturated heterocycles. The summed E-state index contributed by atoms with van der Waals surface area (Å²) in [6.45, 7) is 0. The predicted molar refractivity (Wildman–Crippen MR) is 105 cm³/mol. The van der Waals surface area contributed by atoms with Gasteiger partial charge >= 0.3 is 6.18 Å². The standard InChI is InChI=1S/C21H18F3N3O/c1-27(2)19-11-6-15-13-17(9-10-18(15)26-19)25-20(28)12-5-14-3-7-16(8-4-14)21(22,23)24/h3-13H,1-2H3,(H,25,28)/b12-5+. The summed E-state index contributed by atoms with van der Waals surface area (Å²) < 4.78 is 37.7. The number of nitrogens with zero attached hydrogens (tertiary/aromatic N) is 2. The van der Waals surface area contributed by atoms with Crippen LogP contribution in [0.25, 0.3) is 17.0 Å². The van der Waals surface area contributed by atoms with E-state index in [0.717, 1.165) is 28.9 Å². The Morgan fingerprint density at radius 2 is 1.75 bits per heavy atom. The van der Waals surface area contributed by atoms with E-state index in [1.165, 1.54) is 24.3 Å². The molecule has 0 saturated carbocycles.